The van der Waals surface area contributed by atoms with Gasteiger partial charge in [-0.05, 0) is 37.0 Å². The number of carbonyl (C=O) groups is 1. The van der Waals surface area contributed by atoms with Crippen molar-refractivity contribution in [3.8, 4) is 0 Å². The largest absolute Gasteiger partial charge is 0.303 e. The van der Waals surface area contributed by atoms with Crippen molar-refractivity contribution in [2.24, 2.45) is 23.7 Å². The van der Waals surface area contributed by atoms with Gasteiger partial charge in [0.1, 0.15) is 6.29 Å². The summed E-state index contributed by atoms with van der Waals surface area (Å²) >= 11 is 0. The summed E-state index contributed by atoms with van der Waals surface area (Å²) in [7, 11) is 0. The fourth-order valence-corrected chi connectivity index (χ4v) is 2.87. The van der Waals surface area contributed by atoms with Crippen LogP contribution in [0.4, 0.5) is 0 Å². The molecule has 0 fully saturated rings. The first-order valence-corrected chi connectivity index (χ1v) is 6.94. The lowest BCUT2D eigenvalue weighted by Crippen LogP contribution is -2.10. The average Bonchev–Trinajstić information content (AvgIpc) is 2.16. The maximum absolute atomic E-state index is 10.6. The van der Waals surface area contributed by atoms with Gasteiger partial charge in [0.2, 0.25) is 0 Å². The van der Waals surface area contributed by atoms with Gasteiger partial charge in [0.15, 0.2) is 0 Å². The van der Waals surface area contributed by atoms with E-state index in [4.69, 9.17) is 0 Å². The van der Waals surface area contributed by atoms with E-state index in [1.54, 1.807) is 0 Å². The van der Waals surface area contributed by atoms with Gasteiger partial charge in [0.25, 0.3) is 0 Å². The summed E-state index contributed by atoms with van der Waals surface area (Å²) < 4.78 is 0. The maximum atomic E-state index is 10.6. The number of hydrogen-bond donors (Lipinski definition) is 0. The molecule has 0 spiro atoms. The van der Waals surface area contributed by atoms with Gasteiger partial charge in [-0.25, -0.2) is 0 Å². The van der Waals surface area contributed by atoms with Crippen molar-refractivity contribution in [2.75, 3.05) is 0 Å². The third-order valence-electron chi connectivity index (χ3n) is 3.40. The first-order chi connectivity index (χ1) is 7.49. The molecule has 0 aliphatic carbocycles. The van der Waals surface area contributed by atoms with Crippen LogP contribution in [0.5, 0.6) is 0 Å². The van der Waals surface area contributed by atoms with Gasteiger partial charge in [-0.2, -0.15) is 0 Å². The number of carbonyl (C=O) groups excluding carboxylic acids is 1. The van der Waals surface area contributed by atoms with Crippen molar-refractivity contribution < 1.29 is 4.79 Å². The highest BCUT2D eigenvalue weighted by Gasteiger charge is 2.14. The average molecular weight is 226 g/mol. The van der Waals surface area contributed by atoms with Crippen LogP contribution in [0.2, 0.25) is 0 Å². The van der Waals surface area contributed by atoms with E-state index in [-0.39, 0.29) is 5.92 Å². The molecule has 0 aromatic heterocycles. The summed E-state index contributed by atoms with van der Waals surface area (Å²) in [5.41, 5.74) is 0. The standard InChI is InChI=1S/C15H30O/c1-6-7-12(2)8-13(3)9-14(4)10-15(5)11-16/h11-15H,6-10H2,1-5H3/t12-,13+,14-,15-/m1/s1. The lowest BCUT2D eigenvalue weighted by Gasteiger charge is -2.21. The van der Waals surface area contributed by atoms with Crippen molar-refractivity contribution in [1.29, 1.82) is 0 Å². The fraction of sp³-hybridized carbons (Fsp3) is 0.933. The van der Waals surface area contributed by atoms with Crippen molar-refractivity contribution in [2.45, 2.75) is 66.7 Å². The van der Waals surface area contributed by atoms with E-state index >= 15 is 0 Å². The van der Waals surface area contributed by atoms with Crippen LogP contribution in [0.15, 0.2) is 0 Å². The fourth-order valence-electron chi connectivity index (χ4n) is 2.87. The Morgan fingerprint density at radius 1 is 0.875 bits per heavy atom. The maximum Gasteiger partial charge on any atom is 0.122 e. The molecule has 0 rings (SSSR count). The third kappa shape index (κ3) is 7.90. The molecule has 0 saturated carbocycles. The predicted octanol–water partition coefficient (Wildman–Crippen LogP) is 4.70. The highest BCUT2D eigenvalue weighted by molar-refractivity contribution is 5.52. The Morgan fingerprint density at radius 3 is 1.88 bits per heavy atom. The SMILES string of the molecule is CCC[C@@H](C)C[C@H](C)C[C@@H](C)C[C@@H](C)C=O. The minimum Gasteiger partial charge on any atom is -0.303 e. The number of rotatable bonds is 9. The summed E-state index contributed by atoms with van der Waals surface area (Å²) in [5, 5.41) is 0. The van der Waals surface area contributed by atoms with Gasteiger partial charge in [-0.1, -0.05) is 47.5 Å². The second-order valence-corrected chi connectivity index (χ2v) is 5.92. The molecule has 0 unspecified atom stereocenters. The van der Waals surface area contributed by atoms with Crippen LogP contribution in [-0.4, -0.2) is 6.29 Å². The van der Waals surface area contributed by atoms with Crippen molar-refractivity contribution in [3.63, 3.8) is 0 Å². The molecule has 1 nitrogen and oxygen atoms in total. The molecule has 1 heteroatoms. The van der Waals surface area contributed by atoms with E-state index in [0.717, 1.165) is 24.5 Å². The lowest BCUT2D eigenvalue weighted by molar-refractivity contribution is -0.111. The van der Waals surface area contributed by atoms with Crippen LogP contribution in [-0.2, 0) is 4.79 Å². The Hall–Kier alpha value is -0.330. The van der Waals surface area contributed by atoms with Crippen LogP contribution in [0.25, 0.3) is 0 Å². The van der Waals surface area contributed by atoms with E-state index in [1.807, 2.05) is 6.92 Å². The van der Waals surface area contributed by atoms with Gasteiger partial charge >= 0.3 is 0 Å². The molecular weight excluding hydrogens is 196 g/mol. The molecule has 4 atom stereocenters. The summed E-state index contributed by atoms with van der Waals surface area (Å²) in [6.45, 7) is 11.3. The van der Waals surface area contributed by atoms with E-state index in [0.29, 0.717) is 5.92 Å². The van der Waals surface area contributed by atoms with E-state index in [2.05, 4.69) is 27.7 Å². The van der Waals surface area contributed by atoms with Gasteiger partial charge in [0.05, 0.1) is 0 Å². The molecule has 96 valence electrons. The molecule has 0 aliphatic heterocycles. The molecule has 0 amide bonds. The van der Waals surface area contributed by atoms with Gasteiger partial charge in [-0.15, -0.1) is 0 Å². The van der Waals surface area contributed by atoms with Gasteiger partial charge in [0, 0.05) is 5.92 Å². The Morgan fingerprint density at radius 2 is 1.38 bits per heavy atom. The summed E-state index contributed by atoms with van der Waals surface area (Å²) in [6, 6.07) is 0. The van der Waals surface area contributed by atoms with Crippen molar-refractivity contribution >= 4 is 6.29 Å². The zero-order valence-electron chi connectivity index (χ0n) is 11.8. The third-order valence-corrected chi connectivity index (χ3v) is 3.40. The van der Waals surface area contributed by atoms with Gasteiger partial charge in [-0.3, -0.25) is 0 Å². The number of aldehydes is 1. The van der Waals surface area contributed by atoms with E-state index < -0.39 is 0 Å². The second-order valence-electron chi connectivity index (χ2n) is 5.92. The first kappa shape index (κ1) is 15.7. The molecule has 0 heterocycles. The molecule has 16 heavy (non-hydrogen) atoms. The minimum absolute atomic E-state index is 0.232. The Labute approximate surface area is 102 Å². The lowest BCUT2D eigenvalue weighted by atomic mass is 9.85. The summed E-state index contributed by atoms with van der Waals surface area (Å²) in [6.07, 6.45) is 7.39. The Bertz CT molecular complexity index is 176. The highest BCUT2D eigenvalue weighted by Crippen LogP contribution is 2.25. The predicted molar refractivity (Wildman–Crippen MR) is 71.5 cm³/mol. The Kier molecular flexibility index (Phi) is 8.60. The first-order valence-electron chi connectivity index (χ1n) is 6.94. The zero-order chi connectivity index (χ0) is 12.6. The van der Waals surface area contributed by atoms with Gasteiger partial charge < -0.3 is 4.79 Å². The van der Waals surface area contributed by atoms with Crippen LogP contribution < -0.4 is 0 Å². The summed E-state index contributed by atoms with van der Waals surface area (Å²) in [4.78, 5) is 10.6. The van der Waals surface area contributed by atoms with Crippen molar-refractivity contribution in [1.82, 2.24) is 0 Å². The highest BCUT2D eigenvalue weighted by atomic mass is 16.1. The molecule has 0 aromatic carbocycles. The topological polar surface area (TPSA) is 17.1 Å². The number of hydrogen-bond acceptors (Lipinski definition) is 1. The van der Waals surface area contributed by atoms with Crippen LogP contribution in [0.1, 0.15) is 66.7 Å². The molecule has 0 aromatic rings. The zero-order valence-corrected chi connectivity index (χ0v) is 11.8. The molecular formula is C15H30O. The molecule has 0 N–H and O–H groups in total. The van der Waals surface area contributed by atoms with Crippen LogP contribution in [0.3, 0.4) is 0 Å². The molecule has 0 radical (unpaired) electrons. The van der Waals surface area contributed by atoms with Crippen LogP contribution >= 0.6 is 0 Å². The molecule has 0 aliphatic rings. The van der Waals surface area contributed by atoms with E-state index in [1.165, 1.54) is 25.7 Å². The second kappa shape index (κ2) is 8.78. The normalized spacial score (nSPS) is 18.8. The molecule has 0 bridgehead atoms. The molecule has 0 saturated heterocycles. The monoisotopic (exact) mass is 226 g/mol. The van der Waals surface area contributed by atoms with E-state index in [9.17, 15) is 4.79 Å². The summed E-state index contributed by atoms with van der Waals surface area (Å²) in [5.74, 6) is 2.57. The quantitative estimate of drug-likeness (QED) is 0.521. The Balaban J connectivity index is 3.76. The minimum atomic E-state index is 0.232. The van der Waals surface area contributed by atoms with Crippen molar-refractivity contribution in [3.05, 3.63) is 0 Å². The van der Waals surface area contributed by atoms with Crippen LogP contribution in [0, 0.1) is 23.7 Å². The smallest absolute Gasteiger partial charge is 0.122 e.